The average molecular weight is 312 g/mol. The molecule has 2 heterocycles. The number of hydrogen-bond acceptors (Lipinski definition) is 4. The molecule has 116 valence electrons. The molecule has 2 amide bonds. The minimum Gasteiger partial charge on any atom is -0.338 e. The first-order valence-electron chi connectivity index (χ1n) is 6.86. The summed E-state index contributed by atoms with van der Waals surface area (Å²) in [6.07, 6.45) is 4.36. The zero-order valence-electron chi connectivity index (χ0n) is 11.9. The normalized spacial score (nSPS) is 17.4. The van der Waals surface area contributed by atoms with Gasteiger partial charge in [-0.25, -0.2) is 22.5 Å². The maximum atomic E-state index is 11.7. The van der Waals surface area contributed by atoms with Gasteiger partial charge in [0.25, 0.3) is 0 Å². The number of piperidine rings is 1. The minimum absolute atomic E-state index is 0.292. The maximum Gasteiger partial charge on any atom is 0.320 e. The topological polar surface area (TPSA) is 91.4 Å². The lowest BCUT2D eigenvalue weighted by Crippen LogP contribution is -2.41. The minimum atomic E-state index is -3.10. The van der Waals surface area contributed by atoms with Crippen molar-refractivity contribution in [2.45, 2.75) is 12.8 Å². The van der Waals surface area contributed by atoms with Crippen LogP contribution in [0, 0.1) is 5.92 Å². The van der Waals surface area contributed by atoms with Gasteiger partial charge in [0.1, 0.15) is 5.82 Å². The van der Waals surface area contributed by atoms with Gasteiger partial charge >= 0.3 is 6.03 Å². The molecule has 0 bridgehead atoms. The Bertz CT molecular complexity index is 568. The van der Waals surface area contributed by atoms with E-state index in [2.05, 4.69) is 15.6 Å². The first kappa shape index (κ1) is 15.7. The number of carbonyl (C=O) groups excluding carboxylic acids is 1. The molecule has 0 atom stereocenters. The van der Waals surface area contributed by atoms with Crippen LogP contribution in [0.15, 0.2) is 24.4 Å². The average Bonchev–Trinajstić information content (AvgIpc) is 2.46. The van der Waals surface area contributed by atoms with Crippen LogP contribution in [0.2, 0.25) is 0 Å². The van der Waals surface area contributed by atoms with Crippen LogP contribution in [-0.4, -0.2) is 49.6 Å². The van der Waals surface area contributed by atoms with E-state index in [4.69, 9.17) is 0 Å². The fourth-order valence-electron chi connectivity index (χ4n) is 2.28. The third-order valence-electron chi connectivity index (χ3n) is 3.50. The van der Waals surface area contributed by atoms with E-state index in [9.17, 15) is 13.2 Å². The second kappa shape index (κ2) is 6.86. The van der Waals surface area contributed by atoms with E-state index in [1.54, 1.807) is 24.4 Å². The summed E-state index contributed by atoms with van der Waals surface area (Å²) in [6.45, 7) is 1.58. The molecule has 0 unspecified atom stereocenters. The van der Waals surface area contributed by atoms with Gasteiger partial charge < -0.3 is 5.32 Å². The number of nitrogens with zero attached hydrogens (tertiary/aromatic N) is 2. The van der Waals surface area contributed by atoms with E-state index in [1.165, 1.54) is 10.6 Å². The molecule has 1 aliphatic heterocycles. The Kier molecular flexibility index (Phi) is 5.13. The molecule has 0 aliphatic carbocycles. The van der Waals surface area contributed by atoms with Gasteiger partial charge in [0.15, 0.2) is 0 Å². The van der Waals surface area contributed by atoms with Crippen LogP contribution in [0.25, 0.3) is 0 Å². The van der Waals surface area contributed by atoms with Crippen LogP contribution >= 0.6 is 0 Å². The largest absolute Gasteiger partial charge is 0.338 e. The third-order valence-corrected chi connectivity index (χ3v) is 4.80. The van der Waals surface area contributed by atoms with Gasteiger partial charge in [-0.15, -0.1) is 0 Å². The van der Waals surface area contributed by atoms with Crippen LogP contribution in [-0.2, 0) is 10.0 Å². The van der Waals surface area contributed by atoms with Crippen molar-refractivity contribution in [3.63, 3.8) is 0 Å². The fraction of sp³-hybridized carbons (Fsp3) is 0.538. The molecule has 0 radical (unpaired) electrons. The highest BCUT2D eigenvalue weighted by atomic mass is 32.2. The maximum absolute atomic E-state index is 11.7. The van der Waals surface area contributed by atoms with Crippen molar-refractivity contribution >= 4 is 21.9 Å². The van der Waals surface area contributed by atoms with E-state index in [1.807, 2.05) is 0 Å². The summed E-state index contributed by atoms with van der Waals surface area (Å²) in [6, 6.07) is 4.99. The molecule has 8 heteroatoms. The standard InChI is InChI=1S/C13H20N4O3S/c1-21(19,20)17-8-5-11(6-9-17)10-15-13(18)16-12-4-2-3-7-14-12/h2-4,7,11H,5-6,8-10H2,1H3,(H2,14,15,16,18). The van der Waals surface area contributed by atoms with Crippen LogP contribution in [0.3, 0.4) is 0 Å². The Labute approximate surface area is 124 Å². The van der Waals surface area contributed by atoms with E-state index in [0.717, 1.165) is 12.8 Å². The number of urea groups is 1. The SMILES string of the molecule is CS(=O)(=O)N1CCC(CNC(=O)Nc2ccccn2)CC1. The summed E-state index contributed by atoms with van der Waals surface area (Å²) in [7, 11) is -3.10. The lowest BCUT2D eigenvalue weighted by atomic mass is 9.98. The van der Waals surface area contributed by atoms with Gasteiger partial charge in [-0.05, 0) is 30.9 Å². The first-order valence-corrected chi connectivity index (χ1v) is 8.71. The van der Waals surface area contributed by atoms with Gasteiger partial charge in [-0.2, -0.15) is 0 Å². The third kappa shape index (κ3) is 4.98. The molecule has 1 saturated heterocycles. The summed E-state index contributed by atoms with van der Waals surface area (Å²) in [5.74, 6) is 0.805. The molecule has 0 aromatic carbocycles. The molecule has 2 N–H and O–H groups in total. The predicted octanol–water partition coefficient (Wildman–Crippen LogP) is 0.875. The second-order valence-electron chi connectivity index (χ2n) is 5.16. The van der Waals surface area contributed by atoms with Gasteiger partial charge in [0, 0.05) is 25.8 Å². The molecule has 1 aromatic rings. The summed E-state index contributed by atoms with van der Waals surface area (Å²) >= 11 is 0. The Morgan fingerprint density at radius 2 is 2.10 bits per heavy atom. The van der Waals surface area contributed by atoms with Crippen molar-refractivity contribution in [3.8, 4) is 0 Å². The number of anilines is 1. The Balaban J connectivity index is 1.71. The molecule has 2 rings (SSSR count). The molecular formula is C13H20N4O3S. The monoisotopic (exact) mass is 312 g/mol. The van der Waals surface area contributed by atoms with Crippen molar-refractivity contribution in [2.75, 3.05) is 31.2 Å². The van der Waals surface area contributed by atoms with Gasteiger partial charge in [-0.3, -0.25) is 5.32 Å². The van der Waals surface area contributed by atoms with Crippen LogP contribution in [0.1, 0.15) is 12.8 Å². The number of pyridine rings is 1. The van der Waals surface area contributed by atoms with E-state index < -0.39 is 10.0 Å². The van der Waals surface area contributed by atoms with E-state index >= 15 is 0 Å². The summed E-state index contributed by atoms with van der Waals surface area (Å²) in [5.41, 5.74) is 0. The van der Waals surface area contributed by atoms with Crippen LogP contribution in [0.4, 0.5) is 10.6 Å². The summed E-state index contributed by atoms with van der Waals surface area (Å²) in [4.78, 5) is 15.7. The second-order valence-corrected chi connectivity index (χ2v) is 7.14. The smallest absolute Gasteiger partial charge is 0.320 e. The highest BCUT2D eigenvalue weighted by Crippen LogP contribution is 2.18. The number of hydrogen-bond donors (Lipinski definition) is 2. The number of carbonyl (C=O) groups is 1. The predicted molar refractivity (Wildman–Crippen MR) is 80.4 cm³/mol. The number of rotatable bonds is 4. The van der Waals surface area contributed by atoms with Crippen molar-refractivity contribution in [2.24, 2.45) is 5.92 Å². The lowest BCUT2D eigenvalue weighted by molar-refractivity contribution is 0.240. The fourth-order valence-corrected chi connectivity index (χ4v) is 3.15. The first-order chi connectivity index (χ1) is 9.95. The summed E-state index contributed by atoms with van der Waals surface area (Å²) in [5, 5.41) is 5.44. The highest BCUT2D eigenvalue weighted by molar-refractivity contribution is 7.88. The zero-order chi connectivity index (χ0) is 15.3. The molecule has 1 aromatic heterocycles. The van der Waals surface area contributed by atoms with Crippen molar-refractivity contribution in [3.05, 3.63) is 24.4 Å². The molecule has 0 spiro atoms. The molecular weight excluding hydrogens is 292 g/mol. The van der Waals surface area contributed by atoms with Gasteiger partial charge in [-0.1, -0.05) is 6.07 Å². The van der Waals surface area contributed by atoms with E-state index in [-0.39, 0.29) is 6.03 Å². The molecule has 1 aliphatic rings. The number of nitrogens with one attached hydrogen (secondary N) is 2. The van der Waals surface area contributed by atoms with E-state index in [0.29, 0.717) is 31.4 Å². The Morgan fingerprint density at radius 1 is 1.38 bits per heavy atom. The molecule has 21 heavy (non-hydrogen) atoms. The number of amides is 2. The van der Waals surface area contributed by atoms with Gasteiger partial charge in [0.05, 0.1) is 6.26 Å². The Hall–Kier alpha value is -1.67. The van der Waals surface area contributed by atoms with Crippen molar-refractivity contribution in [1.82, 2.24) is 14.6 Å². The highest BCUT2D eigenvalue weighted by Gasteiger charge is 2.24. The molecule has 0 saturated carbocycles. The van der Waals surface area contributed by atoms with Crippen molar-refractivity contribution < 1.29 is 13.2 Å². The molecule has 1 fully saturated rings. The van der Waals surface area contributed by atoms with Crippen LogP contribution < -0.4 is 10.6 Å². The van der Waals surface area contributed by atoms with Crippen molar-refractivity contribution in [1.29, 1.82) is 0 Å². The summed E-state index contributed by atoms with van der Waals surface area (Å²) < 4.78 is 24.3. The number of sulfonamides is 1. The Morgan fingerprint density at radius 3 is 2.67 bits per heavy atom. The lowest BCUT2D eigenvalue weighted by Gasteiger charge is -2.30. The zero-order valence-corrected chi connectivity index (χ0v) is 12.8. The van der Waals surface area contributed by atoms with Crippen LogP contribution in [0.5, 0.6) is 0 Å². The quantitative estimate of drug-likeness (QED) is 0.863. The molecule has 7 nitrogen and oxygen atoms in total. The van der Waals surface area contributed by atoms with Gasteiger partial charge in [0.2, 0.25) is 10.0 Å². The number of aromatic nitrogens is 1.